The van der Waals surface area contributed by atoms with Crippen LogP contribution >= 0.6 is 11.8 Å². The monoisotopic (exact) mass is 465 g/mol. The minimum Gasteiger partial charge on any atom is -0.474 e. The lowest BCUT2D eigenvalue weighted by Gasteiger charge is -2.41. The molecule has 0 saturated heterocycles. The highest BCUT2D eigenvalue weighted by Gasteiger charge is 2.35. The SMILES string of the molecule is CC(C)Sc1c(OCC(C)(C)CCCN)noc1C(=O)NC(C)C1CC2CCCC(C2)C1. The summed E-state index contributed by atoms with van der Waals surface area (Å²) in [6, 6.07) is 0.132. The van der Waals surface area contributed by atoms with Crippen molar-refractivity contribution < 1.29 is 14.1 Å². The Balaban J connectivity index is 1.65. The fourth-order valence-electron chi connectivity index (χ4n) is 5.34. The van der Waals surface area contributed by atoms with Crippen molar-refractivity contribution >= 4 is 17.7 Å². The van der Waals surface area contributed by atoms with E-state index in [9.17, 15) is 4.79 Å². The topological polar surface area (TPSA) is 90.4 Å². The molecule has 1 aromatic heterocycles. The largest absolute Gasteiger partial charge is 0.474 e. The molecule has 1 heterocycles. The van der Waals surface area contributed by atoms with Crippen LogP contribution in [0.1, 0.15) is 96.5 Å². The fourth-order valence-corrected chi connectivity index (χ4v) is 6.25. The highest BCUT2D eigenvalue weighted by molar-refractivity contribution is 8.00. The maximum absolute atomic E-state index is 13.2. The van der Waals surface area contributed by atoms with Crippen LogP contribution < -0.4 is 15.8 Å². The van der Waals surface area contributed by atoms with E-state index in [4.69, 9.17) is 15.0 Å². The van der Waals surface area contributed by atoms with Crippen LogP contribution in [0.4, 0.5) is 0 Å². The second kappa shape index (κ2) is 11.3. The number of hydrogen-bond acceptors (Lipinski definition) is 6. The van der Waals surface area contributed by atoms with Crippen molar-refractivity contribution in [2.45, 2.75) is 102 Å². The van der Waals surface area contributed by atoms with Gasteiger partial charge in [0.25, 0.3) is 11.8 Å². The predicted molar refractivity (Wildman–Crippen MR) is 130 cm³/mol. The van der Waals surface area contributed by atoms with E-state index in [1.807, 2.05) is 0 Å². The molecule has 2 saturated carbocycles. The Hall–Kier alpha value is -1.21. The van der Waals surface area contributed by atoms with Crippen LogP contribution in [0, 0.1) is 23.2 Å². The van der Waals surface area contributed by atoms with Gasteiger partial charge in [0.15, 0.2) is 0 Å². The number of aromatic nitrogens is 1. The summed E-state index contributed by atoms with van der Waals surface area (Å²) in [5, 5.41) is 7.64. The summed E-state index contributed by atoms with van der Waals surface area (Å²) in [5.74, 6) is 2.75. The standard InChI is InChI=1S/C25H43N3O3S/c1-16(2)32-22-21(31-28-24(22)30-15-25(4,5)10-7-11-26)23(29)27-17(3)20-13-18-8-6-9-19(12-18)14-20/h16-20H,6-15,26H2,1-5H3,(H,27,29). The Labute approximate surface area is 198 Å². The van der Waals surface area contributed by atoms with E-state index in [0.717, 1.165) is 24.7 Å². The highest BCUT2D eigenvalue weighted by Crippen LogP contribution is 2.43. The molecule has 3 unspecified atom stereocenters. The van der Waals surface area contributed by atoms with Crippen molar-refractivity contribution in [3.8, 4) is 5.88 Å². The van der Waals surface area contributed by atoms with Gasteiger partial charge in [-0.2, -0.15) is 0 Å². The number of carbonyl (C=O) groups excluding carboxylic acids is 1. The Morgan fingerprint density at radius 2 is 1.94 bits per heavy atom. The summed E-state index contributed by atoms with van der Waals surface area (Å²) < 4.78 is 11.6. The third-order valence-corrected chi connectivity index (χ3v) is 8.13. The molecule has 32 heavy (non-hydrogen) atoms. The van der Waals surface area contributed by atoms with Crippen molar-refractivity contribution in [3.05, 3.63) is 5.76 Å². The Morgan fingerprint density at radius 3 is 2.56 bits per heavy atom. The first-order valence-electron chi connectivity index (χ1n) is 12.5. The summed E-state index contributed by atoms with van der Waals surface area (Å²) in [6.45, 7) is 11.8. The normalized spacial score (nSPS) is 24.4. The van der Waals surface area contributed by atoms with E-state index in [1.165, 1.54) is 38.5 Å². The number of nitrogens with two attached hydrogens (primary N) is 1. The average Bonchev–Trinajstić information content (AvgIpc) is 3.12. The van der Waals surface area contributed by atoms with Crippen molar-refractivity contribution in [2.24, 2.45) is 28.9 Å². The number of amides is 1. The number of carbonyl (C=O) groups is 1. The Morgan fingerprint density at radius 1 is 1.25 bits per heavy atom. The van der Waals surface area contributed by atoms with Crippen LogP contribution in [0.3, 0.4) is 0 Å². The van der Waals surface area contributed by atoms with Crippen LogP contribution in [0.15, 0.2) is 9.42 Å². The molecule has 182 valence electrons. The summed E-state index contributed by atoms with van der Waals surface area (Å²) in [5.41, 5.74) is 5.64. The molecule has 0 radical (unpaired) electrons. The van der Waals surface area contributed by atoms with E-state index in [-0.39, 0.29) is 28.4 Å². The molecule has 1 amide bonds. The Kier molecular flexibility index (Phi) is 8.96. The van der Waals surface area contributed by atoms with Gasteiger partial charge in [-0.25, -0.2) is 0 Å². The minimum atomic E-state index is -0.180. The second-order valence-electron chi connectivity index (χ2n) is 11.0. The van der Waals surface area contributed by atoms with Crippen molar-refractivity contribution in [2.75, 3.05) is 13.2 Å². The number of hydrogen-bond donors (Lipinski definition) is 2. The molecule has 3 atom stereocenters. The molecule has 2 bridgehead atoms. The molecule has 2 fully saturated rings. The van der Waals surface area contributed by atoms with E-state index in [1.54, 1.807) is 11.8 Å². The lowest BCUT2D eigenvalue weighted by molar-refractivity contribution is 0.0818. The predicted octanol–water partition coefficient (Wildman–Crippen LogP) is 5.65. The Bertz CT molecular complexity index is 737. The van der Waals surface area contributed by atoms with E-state index in [2.05, 4.69) is 45.1 Å². The third-order valence-electron chi connectivity index (χ3n) is 7.07. The molecule has 0 aliphatic heterocycles. The van der Waals surface area contributed by atoms with Crippen LogP contribution in [-0.2, 0) is 0 Å². The van der Waals surface area contributed by atoms with Gasteiger partial charge < -0.3 is 20.3 Å². The first-order chi connectivity index (χ1) is 15.2. The molecule has 6 nitrogen and oxygen atoms in total. The van der Waals surface area contributed by atoms with Crippen LogP contribution in [0.25, 0.3) is 0 Å². The number of rotatable bonds is 11. The number of fused-ring (bicyclic) bond motifs is 2. The maximum atomic E-state index is 13.2. The van der Waals surface area contributed by atoms with Gasteiger partial charge in [-0.15, -0.1) is 11.8 Å². The zero-order valence-electron chi connectivity index (χ0n) is 20.6. The molecule has 2 aliphatic rings. The summed E-state index contributed by atoms with van der Waals surface area (Å²) >= 11 is 1.57. The zero-order valence-corrected chi connectivity index (χ0v) is 21.4. The average molecular weight is 466 g/mol. The number of nitrogens with zero attached hydrogens (tertiary/aromatic N) is 1. The van der Waals surface area contributed by atoms with Gasteiger partial charge in [0, 0.05) is 11.3 Å². The second-order valence-corrected chi connectivity index (χ2v) is 12.6. The van der Waals surface area contributed by atoms with E-state index >= 15 is 0 Å². The van der Waals surface area contributed by atoms with Crippen molar-refractivity contribution in [1.29, 1.82) is 0 Å². The zero-order chi connectivity index (χ0) is 23.3. The third kappa shape index (κ3) is 6.89. The van der Waals surface area contributed by atoms with Gasteiger partial charge in [-0.3, -0.25) is 4.79 Å². The van der Waals surface area contributed by atoms with E-state index in [0.29, 0.717) is 29.8 Å². The molecule has 0 spiro atoms. The lowest BCUT2D eigenvalue weighted by atomic mass is 9.66. The highest BCUT2D eigenvalue weighted by atomic mass is 32.2. The van der Waals surface area contributed by atoms with Crippen LogP contribution in [-0.4, -0.2) is 35.5 Å². The minimum absolute atomic E-state index is 0.0198. The number of thioether (sulfide) groups is 1. The van der Waals surface area contributed by atoms with Crippen molar-refractivity contribution in [3.63, 3.8) is 0 Å². The molecule has 3 rings (SSSR count). The van der Waals surface area contributed by atoms with Crippen LogP contribution in [0.2, 0.25) is 0 Å². The smallest absolute Gasteiger partial charge is 0.291 e. The van der Waals surface area contributed by atoms with Crippen LogP contribution in [0.5, 0.6) is 5.88 Å². The van der Waals surface area contributed by atoms with Crippen molar-refractivity contribution in [1.82, 2.24) is 10.5 Å². The molecule has 7 heteroatoms. The van der Waals surface area contributed by atoms with Gasteiger partial charge in [-0.05, 0) is 73.9 Å². The fraction of sp³-hybridized carbons (Fsp3) is 0.840. The molecule has 0 aromatic carbocycles. The molecule has 3 N–H and O–H groups in total. The van der Waals surface area contributed by atoms with E-state index < -0.39 is 0 Å². The van der Waals surface area contributed by atoms with Gasteiger partial charge >= 0.3 is 0 Å². The van der Waals surface area contributed by atoms with Gasteiger partial charge in [-0.1, -0.05) is 47.0 Å². The first-order valence-corrected chi connectivity index (χ1v) is 13.4. The molecular weight excluding hydrogens is 422 g/mol. The first kappa shape index (κ1) is 25.4. The number of ether oxygens (including phenoxy) is 1. The maximum Gasteiger partial charge on any atom is 0.291 e. The number of nitrogens with one attached hydrogen (secondary N) is 1. The van der Waals surface area contributed by atoms with Gasteiger partial charge in [0.2, 0.25) is 5.76 Å². The molecule has 1 aromatic rings. The lowest BCUT2D eigenvalue weighted by Crippen LogP contribution is -2.42. The molecule has 2 aliphatic carbocycles. The summed E-state index contributed by atoms with van der Waals surface area (Å²) in [6.07, 6.45) is 9.86. The van der Waals surface area contributed by atoms with Gasteiger partial charge in [0.05, 0.1) is 6.61 Å². The van der Waals surface area contributed by atoms with Gasteiger partial charge in [0.1, 0.15) is 4.90 Å². The summed E-state index contributed by atoms with van der Waals surface area (Å²) in [7, 11) is 0. The summed E-state index contributed by atoms with van der Waals surface area (Å²) in [4.78, 5) is 13.9. The molecular formula is C25H43N3O3S. The quantitative estimate of drug-likeness (QED) is 0.410.